The van der Waals surface area contributed by atoms with E-state index in [1.54, 1.807) is 42.5 Å². The van der Waals surface area contributed by atoms with Gasteiger partial charge in [0.1, 0.15) is 17.4 Å². The molecule has 0 radical (unpaired) electrons. The van der Waals surface area contributed by atoms with Gasteiger partial charge in [-0.1, -0.05) is 54.9 Å². The maximum atomic E-state index is 12.4. The molecule has 1 unspecified atom stereocenters. The largest absolute Gasteiger partial charge is 0.481 e. The van der Waals surface area contributed by atoms with Crippen LogP contribution in [0.1, 0.15) is 29.3 Å². The van der Waals surface area contributed by atoms with Crippen molar-refractivity contribution in [3.05, 3.63) is 64.7 Å². The monoisotopic (exact) mass is 299 g/mol. The van der Waals surface area contributed by atoms with Gasteiger partial charge < -0.3 is 4.74 Å². The molecule has 2 rings (SSSR count). The first-order valence-corrected chi connectivity index (χ1v) is 6.99. The van der Waals surface area contributed by atoms with Crippen molar-refractivity contribution in [3.8, 4) is 11.8 Å². The molecule has 2 aromatic rings. The minimum absolute atomic E-state index is 0.109. The van der Waals surface area contributed by atoms with E-state index in [2.05, 4.69) is 0 Å². The van der Waals surface area contributed by atoms with E-state index in [9.17, 15) is 4.79 Å². The predicted molar refractivity (Wildman–Crippen MR) is 81.6 cm³/mol. The zero-order chi connectivity index (χ0) is 15.2. The normalized spacial score (nSPS) is 11.5. The summed E-state index contributed by atoms with van der Waals surface area (Å²) < 4.78 is 5.73. The molecular weight excluding hydrogens is 286 g/mol. The lowest BCUT2D eigenvalue weighted by Crippen LogP contribution is -2.27. The molecule has 0 aliphatic rings. The fourth-order valence-electron chi connectivity index (χ4n) is 1.97. The second-order valence-electron chi connectivity index (χ2n) is 4.47. The highest BCUT2D eigenvalue weighted by Gasteiger charge is 2.21. The summed E-state index contributed by atoms with van der Waals surface area (Å²) in [6, 6.07) is 15.9. The minimum atomic E-state index is -0.641. The highest BCUT2D eigenvalue weighted by Crippen LogP contribution is 2.27. The van der Waals surface area contributed by atoms with Crippen molar-refractivity contribution >= 4 is 17.4 Å². The Bertz CT molecular complexity index is 677. The van der Waals surface area contributed by atoms with Gasteiger partial charge in [-0.15, -0.1) is 0 Å². The highest BCUT2D eigenvalue weighted by molar-refractivity contribution is 6.31. The quantitative estimate of drug-likeness (QED) is 0.775. The first kappa shape index (κ1) is 15.1. The summed E-state index contributed by atoms with van der Waals surface area (Å²) in [5.41, 5.74) is 0.836. The van der Waals surface area contributed by atoms with Crippen molar-refractivity contribution in [3.63, 3.8) is 0 Å². The third kappa shape index (κ3) is 3.42. The average Bonchev–Trinajstić information content (AvgIpc) is 2.53. The van der Waals surface area contributed by atoms with Gasteiger partial charge >= 0.3 is 0 Å². The second-order valence-corrected chi connectivity index (χ2v) is 4.88. The molecule has 0 spiro atoms. The molecule has 2 aromatic carbocycles. The van der Waals surface area contributed by atoms with E-state index in [4.69, 9.17) is 21.6 Å². The van der Waals surface area contributed by atoms with Crippen molar-refractivity contribution in [2.75, 3.05) is 0 Å². The molecule has 0 aromatic heterocycles. The predicted octanol–water partition coefficient (Wildman–Crippen LogP) is 4.25. The maximum absolute atomic E-state index is 12.4. The Morgan fingerprint density at radius 2 is 1.95 bits per heavy atom. The van der Waals surface area contributed by atoms with Crippen molar-refractivity contribution in [2.45, 2.75) is 19.4 Å². The van der Waals surface area contributed by atoms with Gasteiger partial charge in [0.25, 0.3) is 0 Å². The molecule has 0 fully saturated rings. The van der Waals surface area contributed by atoms with Gasteiger partial charge in [-0.2, -0.15) is 5.26 Å². The first-order valence-electron chi connectivity index (χ1n) is 6.62. The number of hydrogen-bond acceptors (Lipinski definition) is 3. The maximum Gasteiger partial charge on any atom is 0.203 e. The average molecular weight is 300 g/mol. The molecule has 0 bridgehead atoms. The van der Waals surface area contributed by atoms with Crippen molar-refractivity contribution < 1.29 is 9.53 Å². The van der Waals surface area contributed by atoms with Crippen LogP contribution >= 0.6 is 11.6 Å². The summed E-state index contributed by atoms with van der Waals surface area (Å²) in [6.45, 7) is 1.86. The molecule has 3 nitrogen and oxygen atoms in total. The standard InChI is InChI=1S/C17H14ClNO2/c1-2-15(17(20)12-7-4-3-5-8-12)21-16-10-6-9-14(18)13(16)11-19/h3-10,15H,2H2,1H3. The van der Waals surface area contributed by atoms with Crippen LogP contribution in [0.2, 0.25) is 5.02 Å². The Morgan fingerprint density at radius 3 is 2.57 bits per heavy atom. The zero-order valence-corrected chi connectivity index (χ0v) is 12.3. The molecule has 0 saturated heterocycles. The lowest BCUT2D eigenvalue weighted by atomic mass is 10.0. The molecule has 0 amide bonds. The number of carbonyl (C=O) groups excluding carboxylic acids is 1. The van der Waals surface area contributed by atoms with Gasteiger partial charge in [-0.05, 0) is 18.6 Å². The summed E-state index contributed by atoms with van der Waals surface area (Å²) in [5.74, 6) is 0.225. The van der Waals surface area contributed by atoms with Crippen LogP contribution in [0.25, 0.3) is 0 Å². The fourth-order valence-corrected chi connectivity index (χ4v) is 2.18. The molecule has 0 saturated carbocycles. The first-order chi connectivity index (χ1) is 10.2. The Labute approximate surface area is 128 Å². The van der Waals surface area contributed by atoms with Crippen LogP contribution in [0, 0.1) is 11.3 Å². The zero-order valence-electron chi connectivity index (χ0n) is 11.5. The summed E-state index contributed by atoms with van der Waals surface area (Å²) in [4.78, 5) is 12.4. The lowest BCUT2D eigenvalue weighted by molar-refractivity contribution is 0.0786. The number of ketones is 1. The fraction of sp³-hybridized carbons (Fsp3) is 0.176. The van der Waals surface area contributed by atoms with Crippen LogP contribution in [0.15, 0.2) is 48.5 Å². The number of nitrogens with zero attached hydrogens (tertiary/aromatic N) is 1. The van der Waals surface area contributed by atoms with Gasteiger partial charge in [0.15, 0.2) is 6.10 Å². The minimum Gasteiger partial charge on any atom is -0.481 e. The van der Waals surface area contributed by atoms with E-state index in [1.807, 2.05) is 19.1 Å². The van der Waals surface area contributed by atoms with E-state index in [-0.39, 0.29) is 11.3 Å². The van der Waals surface area contributed by atoms with Crippen LogP contribution in [0.5, 0.6) is 5.75 Å². The van der Waals surface area contributed by atoms with Gasteiger partial charge in [0.05, 0.1) is 5.02 Å². The van der Waals surface area contributed by atoms with E-state index in [0.717, 1.165) is 0 Å². The van der Waals surface area contributed by atoms with E-state index in [0.29, 0.717) is 22.8 Å². The Kier molecular flexibility index (Phi) is 4.97. The summed E-state index contributed by atoms with van der Waals surface area (Å²) in [7, 11) is 0. The third-order valence-corrected chi connectivity index (χ3v) is 3.39. The third-order valence-electron chi connectivity index (χ3n) is 3.08. The Morgan fingerprint density at radius 1 is 1.24 bits per heavy atom. The molecule has 106 valence electrons. The smallest absolute Gasteiger partial charge is 0.203 e. The van der Waals surface area contributed by atoms with Crippen LogP contribution in [-0.2, 0) is 0 Å². The van der Waals surface area contributed by atoms with E-state index in [1.165, 1.54) is 0 Å². The number of Topliss-reactive ketones (excluding diaryl/α,β-unsaturated/α-hetero) is 1. The molecule has 0 aliphatic heterocycles. The number of nitriles is 1. The summed E-state index contributed by atoms with van der Waals surface area (Å²) >= 11 is 5.97. The van der Waals surface area contributed by atoms with Crippen LogP contribution in [0.4, 0.5) is 0 Å². The van der Waals surface area contributed by atoms with Gasteiger partial charge in [-0.25, -0.2) is 0 Å². The number of rotatable bonds is 5. The summed E-state index contributed by atoms with van der Waals surface area (Å²) in [5, 5.41) is 9.46. The SMILES string of the molecule is CCC(Oc1cccc(Cl)c1C#N)C(=O)c1ccccc1. The molecule has 1 atom stereocenters. The molecule has 0 aliphatic carbocycles. The number of benzene rings is 2. The molecule has 0 N–H and O–H groups in total. The van der Waals surface area contributed by atoms with E-state index >= 15 is 0 Å². The van der Waals surface area contributed by atoms with Crippen LogP contribution in [0.3, 0.4) is 0 Å². The second kappa shape index (κ2) is 6.92. The van der Waals surface area contributed by atoms with Crippen molar-refractivity contribution in [1.29, 1.82) is 5.26 Å². The molecule has 21 heavy (non-hydrogen) atoms. The van der Waals surface area contributed by atoms with Crippen molar-refractivity contribution in [1.82, 2.24) is 0 Å². The van der Waals surface area contributed by atoms with Crippen LogP contribution < -0.4 is 4.74 Å². The van der Waals surface area contributed by atoms with Gasteiger partial charge in [0.2, 0.25) is 5.78 Å². The summed E-state index contributed by atoms with van der Waals surface area (Å²) in [6.07, 6.45) is -0.136. The highest BCUT2D eigenvalue weighted by atomic mass is 35.5. The Hall–Kier alpha value is -2.31. The topological polar surface area (TPSA) is 50.1 Å². The van der Waals surface area contributed by atoms with E-state index < -0.39 is 6.10 Å². The van der Waals surface area contributed by atoms with Crippen LogP contribution in [-0.4, -0.2) is 11.9 Å². The number of halogens is 1. The van der Waals surface area contributed by atoms with Gasteiger partial charge in [-0.3, -0.25) is 4.79 Å². The Balaban J connectivity index is 2.27. The van der Waals surface area contributed by atoms with Crippen molar-refractivity contribution in [2.24, 2.45) is 0 Å². The number of carbonyl (C=O) groups is 1. The number of hydrogen-bond donors (Lipinski definition) is 0. The molecule has 0 heterocycles. The lowest BCUT2D eigenvalue weighted by Gasteiger charge is -2.17. The molecule has 4 heteroatoms. The molecular formula is C17H14ClNO2. The number of ether oxygens (including phenoxy) is 1. The van der Waals surface area contributed by atoms with Gasteiger partial charge in [0, 0.05) is 5.56 Å².